The van der Waals surface area contributed by atoms with Gasteiger partial charge in [0.25, 0.3) is 0 Å². The number of fused-ring (bicyclic) bond motifs is 1. The first-order valence-electron chi connectivity index (χ1n) is 5.59. The van der Waals surface area contributed by atoms with Crippen LogP contribution in [0.15, 0.2) is 18.2 Å². The van der Waals surface area contributed by atoms with Crippen LogP contribution in [0.5, 0.6) is 0 Å². The number of nitrogens with one attached hydrogen (secondary N) is 3. The van der Waals surface area contributed by atoms with Gasteiger partial charge in [-0.2, -0.15) is 4.98 Å². The monoisotopic (exact) mass is 231 g/mol. The SMILES string of the molecule is CNCc1ccc2nc(NC)nc(NC)c2c1. The smallest absolute Gasteiger partial charge is 0.224 e. The van der Waals surface area contributed by atoms with Gasteiger partial charge in [0.1, 0.15) is 5.82 Å². The fraction of sp³-hybridized carbons (Fsp3) is 0.333. The van der Waals surface area contributed by atoms with E-state index >= 15 is 0 Å². The van der Waals surface area contributed by atoms with Crippen molar-refractivity contribution in [2.24, 2.45) is 0 Å². The Hall–Kier alpha value is -1.88. The lowest BCUT2D eigenvalue weighted by molar-refractivity contribution is 0.819. The number of rotatable bonds is 4. The molecule has 0 unspecified atom stereocenters. The molecule has 90 valence electrons. The van der Waals surface area contributed by atoms with Crippen molar-refractivity contribution >= 4 is 22.7 Å². The van der Waals surface area contributed by atoms with E-state index < -0.39 is 0 Å². The molecule has 1 heterocycles. The van der Waals surface area contributed by atoms with Gasteiger partial charge >= 0.3 is 0 Å². The second kappa shape index (κ2) is 4.97. The van der Waals surface area contributed by atoms with Gasteiger partial charge in [-0.3, -0.25) is 0 Å². The molecule has 0 fully saturated rings. The zero-order valence-corrected chi connectivity index (χ0v) is 10.3. The molecule has 1 aromatic heterocycles. The number of aromatic nitrogens is 2. The molecular weight excluding hydrogens is 214 g/mol. The van der Waals surface area contributed by atoms with Crippen molar-refractivity contribution in [3.63, 3.8) is 0 Å². The molecule has 5 nitrogen and oxygen atoms in total. The van der Waals surface area contributed by atoms with Crippen molar-refractivity contribution < 1.29 is 0 Å². The van der Waals surface area contributed by atoms with Gasteiger partial charge in [0.15, 0.2) is 0 Å². The minimum atomic E-state index is 0.628. The highest BCUT2D eigenvalue weighted by Gasteiger charge is 2.06. The Kier molecular flexibility index (Phi) is 3.39. The molecular formula is C12H17N5. The van der Waals surface area contributed by atoms with Crippen LogP contribution in [-0.4, -0.2) is 31.1 Å². The van der Waals surface area contributed by atoms with E-state index in [0.717, 1.165) is 23.3 Å². The molecule has 5 heteroatoms. The molecule has 0 atom stereocenters. The van der Waals surface area contributed by atoms with E-state index in [1.165, 1.54) is 5.56 Å². The Morgan fingerprint density at radius 1 is 1.06 bits per heavy atom. The van der Waals surface area contributed by atoms with Crippen LogP contribution in [0.3, 0.4) is 0 Å². The average molecular weight is 231 g/mol. The van der Waals surface area contributed by atoms with Gasteiger partial charge in [0.2, 0.25) is 5.95 Å². The third kappa shape index (κ3) is 2.29. The summed E-state index contributed by atoms with van der Waals surface area (Å²) in [6.45, 7) is 0.840. The summed E-state index contributed by atoms with van der Waals surface area (Å²) in [5.74, 6) is 1.47. The topological polar surface area (TPSA) is 61.9 Å². The normalized spacial score (nSPS) is 10.5. The Morgan fingerprint density at radius 2 is 1.88 bits per heavy atom. The zero-order chi connectivity index (χ0) is 12.3. The maximum absolute atomic E-state index is 4.42. The second-order valence-corrected chi connectivity index (χ2v) is 3.78. The van der Waals surface area contributed by atoms with Gasteiger partial charge in [0.05, 0.1) is 5.52 Å². The summed E-state index contributed by atoms with van der Waals surface area (Å²) < 4.78 is 0. The highest BCUT2D eigenvalue weighted by Crippen LogP contribution is 2.22. The number of benzene rings is 1. The van der Waals surface area contributed by atoms with Crippen LogP contribution < -0.4 is 16.0 Å². The van der Waals surface area contributed by atoms with Crippen LogP contribution in [0, 0.1) is 0 Å². The molecule has 0 aliphatic rings. The zero-order valence-electron chi connectivity index (χ0n) is 10.3. The molecule has 0 amide bonds. The maximum Gasteiger partial charge on any atom is 0.224 e. The number of hydrogen-bond acceptors (Lipinski definition) is 5. The molecule has 17 heavy (non-hydrogen) atoms. The molecule has 0 aliphatic heterocycles. The van der Waals surface area contributed by atoms with Gasteiger partial charge in [-0.1, -0.05) is 6.07 Å². The minimum Gasteiger partial charge on any atom is -0.372 e. The fourth-order valence-electron chi connectivity index (χ4n) is 1.79. The lowest BCUT2D eigenvalue weighted by Crippen LogP contribution is -2.06. The summed E-state index contributed by atoms with van der Waals surface area (Å²) in [7, 11) is 5.62. The van der Waals surface area contributed by atoms with Crippen molar-refractivity contribution in [3.05, 3.63) is 23.8 Å². The van der Waals surface area contributed by atoms with E-state index in [2.05, 4.69) is 38.1 Å². The molecule has 0 saturated carbocycles. The fourth-order valence-corrected chi connectivity index (χ4v) is 1.79. The van der Waals surface area contributed by atoms with E-state index in [4.69, 9.17) is 0 Å². The number of hydrogen-bond donors (Lipinski definition) is 3. The average Bonchev–Trinajstić information content (AvgIpc) is 2.37. The van der Waals surface area contributed by atoms with Crippen molar-refractivity contribution in [1.29, 1.82) is 0 Å². The largest absolute Gasteiger partial charge is 0.372 e. The predicted molar refractivity (Wildman–Crippen MR) is 71.4 cm³/mol. The lowest BCUT2D eigenvalue weighted by atomic mass is 10.1. The number of anilines is 2. The number of nitrogens with zero attached hydrogens (tertiary/aromatic N) is 2. The molecule has 2 rings (SSSR count). The van der Waals surface area contributed by atoms with Crippen molar-refractivity contribution in [2.75, 3.05) is 31.8 Å². The van der Waals surface area contributed by atoms with Crippen molar-refractivity contribution in [1.82, 2.24) is 15.3 Å². The Labute approximate surface area is 101 Å². The standard InChI is InChI=1S/C12H17N5/c1-13-7-8-4-5-10-9(6-8)11(14-2)17-12(15-3)16-10/h4-6,13H,7H2,1-3H3,(H2,14,15,16,17). The maximum atomic E-state index is 4.42. The Balaban J connectivity index is 2.59. The first kappa shape index (κ1) is 11.6. The quantitative estimate of drug-likeness (QED) is 0.743. The van der Waals surface area contributed by atoms with Gasteiger partial charge in [0, 0.05) is 26.0 Å². The lowest BCUT2D eigenvalue weighted by Gasteiger charge is -2.09. The van der Waals surface area contributed by atoms with Crippen LogP contribution >= 0.6 is 0 Å². The molecule has 0 aliphatic carbocycles. The van der Waals surface area contributed by atoms with Gasteiger partial charge in [-0.15, -0.1) is 0 Å². The summed E-state index contributed by atoms with van der Waals surface area (Å²) in [4.78, 5) is 8.81. The summed E-state index contributed by atoms with van der Waals surface area (Å²) >= 11 is 0. The molecule has 2 aromatic rings. The van der Waals surface area contributed by atoms with Crippen LogP contribution in [0.1, 0.15) is 5.56 Å². The molecule has 3 N–H and O–H groups in total. The summed E-state index contributed by atoms with van der Waals surface area (Å²) in [6.07, 6.45) is 0. The van der Waals surface area contributed by atoms with E-state index in [-0.39, 0.29) is 0 Å². The first-order chi connectivity index (χ1) is 8.28. The minimum absolute atomic E-state index is 0.628. The third-order valence-corrected chi connectivity index (χ3v) is 2.60. The van der Waals surface area contributed by atoms with E-state index in [1.807, 2.05) is 27.2 Å². The van der Waals surface area contributed by atoms with Crippen molar-refractivity contribution in [2.45, 2.75) is 6.54 Å². The Morgan fingerprint density at radius 3 is 2.53 bits per heavy atom. The summed E-state index contributed by atoms with van der Waals surface area (Å²) in [5, 5.41) is 10.2. The third-order valence-electron chi connectivity index (χ3n) is 2.60. The van der Waals surface area contributed by atoms with E-state index in [1.54, 1.807) is 0 Å². The van der Waals surface area contributed by atoms with Crippen molar-refractivity contribution in [3.8, 4) is 0 Å². The second-order valence-electron chi connectivity index (χ2n) is 3.78. The van der Waals surface area contributed by atoms with Gasteiger partial charge in [-0.05, 0) is 24.7 Å². The van der Waals surface area contributed by atoms with Gasteiger partial charge < -0.3 is 16.0 Å². The summed E-state index contributed by atoms with van der Waals surface area (Å²) in [6, 6.07) is 6.20. The molecule has 1 aromatic carbocycles. The van der Waals surface area contributed by atoms with Crippen LogP contribution in [0.2, 0.25) is 0 Å². The Bertz CT molecular complexity index is 524. The molecule has 0 radical (unpaired) electrons. The highest BCUT2D eigenvalue weighted by molar-refractivity contribution is 5.90. The first-order valence-corrected chi connectivity index (χ1v) is 5.59. The highest BCUT2D eigenvalue weighted by atomic mass is 15.1. The predicted octanol–water partition coefficient (Wildman–Crippen LogP) is 1.43. The van der Waals surface area contributed by atoms with E-state index in [0.29, 0.717) is 5.95 Å². The molecule has 0 saturated heterocycles. The van der Waals surface area contributed by atoms with E-state index in [9.17, 15) is 0 Å². The van der Waals surface area contributed by atoms with Gasteiger partial charge in [-0.25, -0.2) is 4.98 Å². The summed E-state index contributed by atoms with van der Waals surface area (Å²) in [5.41, 5.74) is 2.16. The van der Waals surface area contributed by atoms with Crippen LogP contribution in [0.25, 0.3) is 10.9 Å². The van der Waals surface area contributed by atoms with Crippen LogP contribution in [0.4, 0.5) is 11.8 Å². The molecule has 0 bridgehead atoms. The van der Waals surface area contributed by atoms with Crippen LogP contribution in [-0.2, 0) is 6.54 Å². The molecule has 0 spiro atoms.